The third-order valence-corrected chi connectivity index (χ3v) is 3.10. The molecule has 22 heavy (non-hydrogen) atoms. The van der Waals surface area contributed by atoms with Crippen molar-refractivity contribution >= 4 is 35.4 Å². The molecule has 3 N–H and O–H groups in total. The summed E-state index contributed by atoms with van der Waals surface area (Å²) in [6.45, 7) is 0.340. The molecule has 0 unspecified atom stereocenters. The summed E-state index contributed by atoms with van der Waals surface area (Å²) < 4.78 is 5.74. The third kappa shape index (κ3) is 4.95. The molecule has 2 aromatic rings. The zero-order valence-electron chi connectivity index (χ0n) is 11.4. The number of hydrogen-bond acceptors (Lipinski definition) is 3. The number of nitrogens with two attached hydrogens (primary N) is 1. The number of hydrazone groups is 1. The van der Waals surface area contributed by atoms with Crippen LogP contribution in [0.4, 0.5) is 4.79 Å². The monoisotopic (exact) mass is 337 g/mol. The lowest BCUT2D eigenvalue weighted by molar-refractivity contribution is 0.249. The fraction of sp³-hybridized carbons (Fsp3) is 0.0667. The molecule has 5 nitrogen and oxygen atoms in total. The molecule has 2 amide bonds. The molecule has 0 fully saturated rings. The zero-order chi connectivity index (χ0) is 15.9. The van der Waals surface area contributed by atoms with Crippen molar-refractivity contribution < 1.29 is 9.53 Å². The van der Waals surface area contributed by atoms with Crippen molar-refractivity contribution in [2.75, 3.05) is 0 Å². The van der Waals surface area contributed by atoms with E-state index in [2.05, 4.69) is 10.5 Å². The number of amides is 2. The maximum atomic E-state index is 10.6. The van der Waals surface area contributed by atoms with E-state index < -0.39 is 6.03 Å². The molecule has 0 aliphatic rings. The van der Waals surface area contributed by atoms with Crippen molar-refractivity contribution in [3.8, 4) is 5.75 Å². The van der Waals surface area contributed by atoms with Gasteiger partial charge < -0.3 is 10.5 Å². The second-order valence-electron chi connectivity index (χ2n) is 4.33. The van der Waals surface area contributed by atoms with Crippen molar-refractivity contribution in [1.82, 2.24) is 5.43 Å². The van der Waals surface area contributed by atoms with Gasteiger partial charge in [-0.1, -0.05) is 35.3 Å². The number of halogens is 2. The number of hydrogen-bond donors (Lipinski definition) is 2. The number of benzene rings is 2. The molecule has 0 heterocycles. The number of nitrogens with one attached hydrogen (secondary N) is 1. The Bertz CT molecular complexity index is 705. The summed E-state index contributed by atoms with van der Waals surface area (Å²) >= 11 is 11.9. The van der Waals surface area contributed by atoms with Gasteiger partial charge in [0.25, 0.3) is 0 Å². The fourth-order valence-corrected chi connectivity index (χ4v) is 2.10. The van der Waals surface area contributed by atoms with Crippen LogP contribution in [0.15, 0.2) is 47.6 Å². The van der Waals surface area contributed by atoms with Crippen molar-refractivity contribution in [2.24, 2.45) is 10.8 Å². The first-order valence-corrected chi connectivity index (χ1v) is 7.05. The summed E-state index contributed by atoms with van der Waals surface area (Å²) in [7, 11) is 0. The Morgan fingerprint density at radius 1 is 1.23 bits per heavy atom. The van der Waals surface area contributed by atoms with Crippen molar-refractivity contribution in [1.29, 1.82) is 0 Å². The molecule has 0 radical (unpaired) electrons. The van der Waals surface area contributed by atoms with Crippen LogP contribution >= 0.6 is 23.2 Å². The van der Waals surface area contributed by atoms with Gasteiger partial charge in [0.2, 0.25) is 0 Å². The predicted octanol–water partition coefficient (Wildman–Crippen LogP) is 3.57. The van der Waals surface area contributed by atoms with Gasteiger partial charge in [0.1, 0.15) is 12.4 Å². The summed E-state index contributed by atoms with van der Waals surface area (Å²) in [5, 5.41) is 4.87. The highest BCUT2D eigenvalue weighted by molar-refractivity contribution is 6.31. The Balaban J connectivity index is 2.12. The topological polar surface area (TPSA) is 76.7 Å². The number of carbonyl (C=O) groups excluding carboxylic acids is 1. The van der Waals surface area contributed by atoms with E-state index in [1.807, 2.05) is 18.2 Å². The van der Waals surface area contributed by atoms with Crippen LogP contribution in [0.5, 0.6) is 5.75 Å². The van der Waals surface area contributed by atoms with Crippen molar-refractivity contribution in [2.45, 2.75) is 6.61 Å². The van der Waals surface area contributed by atoms with E-state index in [1.165, 1.54) is 6.21 Å². The van der Waals surface area contributed by atoms with Gasteiger partial charge in [-0.2, -0.15) is 5.10 Å². The first-order chi connectivity index (χ1) is 10.5. The molecule has 2 aromatic carbocycles. The van der Waals surface area contributed by atoms with E-state index in [0.717, 1.165) is 5.56 Å². The van der Waals surface area contributed by atoms with E-state index in [-0.39, 0.29) is 0 Å². The highest BCUT2D eigenvalue weighted by atomic mass is 35.5. The van der Waals surface area contributed by atoms with Gasteiger partial charge >= 0.3 is 6.03 Å². The minimum atomic E-state index is -0.750. The van der Waals surface area contributed by atoms with Gasteiger partial charge in [0.15, 0.2) is 0 Å². The van der Waals surface area contributed by atoms with Gasteiger partial charge in [-0.15, -0.1) is 0 Å². The Morgan fingerprint density at radius 3 is 2.73 bits per heavy atom. The normalized spacial score (nSPS) is 10.6. The van der Waals surface area contributed by atoms with Crippen molar-refractivity contribution in [3.05, 3.63) is 63.6 Å². The van der Waals surface area contributed by atoms with Gasteiger partial charge in [-0.25, -0.2) is 10.2 Å². The fourth-order valence-electron chi connectivity index (χ4n) is 1.70. The van der Waals surface area contributed by atoms with Gasteiger partial charge in [-0.05, 0) is 35.9 Å². The molecule has 0 saturated heterocycles. The van der Waals surface area contributed by atoms with Crippen LogP contribution in [0, 0.1) is 0 Å². The molecule has 0 aromatic heterocycles. The molecule has 0 atom stereocenters. The zero-order valence-corrected chi connectivity index (χ0v) is 12.9. The number of rotatable bonds is 5. The molecule has 0 bridgehead atoms. The predicted molar refractivity (Wildman–Crippen MR) is 87.5 cm³/mol. The minimum Gasteiger partial charge on any atom is -0.488 e. The molecule has 0 spiro atoms. The molecular formula is C15H13Cl2N3O2. The largest absolute Gasteiger partial charge is 0.488 e. The second kappa shape index (κ2) is 7.68. The van der Waals surface area contributed by atoms with Gasteiger partial charge in [-0.3, -0.25) is 0 Å². The average Bonchev–Trinajstić information content (AvgIpc) is 2.46. The van der Waals surface area contributed by atoms with E-state index in [1.54, 1.807) is 24.3 Å². The maximum absolute atomic E-state index is 10.6. The standard InChI is InChI=1S/C15H13Cl2N3O2/c16-12-3-1-2-10(6-12)9-22-14-5-4-13(17)7-11(14)8-19-20-15(18)21/h1-8H,9H2,(H3,18,20,21)/b19-8-. The number of nitrogens with zero attached hydrogens (tertiary/aromatic N) is 1. The quantitative estimate of drug-likeness (QED) is 0.646. The minimum absolute atomic E-state index is 0.340. The molecule has 7 heteroatoms. The van der Waals surface area contributed by atoms with Crippen molar-refractivity contribution in [3.63, 3.8) is 0 Å². The molecule has 0 saturated carbocycles. The lowest BCUT2D eigenvalue weighted by Crippen LogP contribution is -2.24. The number of primary amides is 1. The van der Waals surface area contributed by atoms with E-state index >= 15 is 0 Å². The highest BCUT2D eigenvalue weighted by Gasteiger charge is 2.04. The first kappa shape index (κ1) is 16.1. The molecule has 2 rings (SSSR count). The Hall–Kier alpha value is -2.24. The van der Waals surface area contributed by atoms with E-state index in [0.29, 0.717) is 28.0 Å². The summed E-state index contributed by atoms with van der Waals surface area (Å²) in [6, 6.07) is 11.7. The smallest absolute Gasteiger partial charge is 0.332 e. The summed E-state index contributed by atoms with van der Waals surface area (Å²) in [6.07, 6.45) is 1.41. The van der Waals surface area contributed by atoms with Crippen LogP contribution < -0.4 is 15.9 Å². The number of ether oxygens (including phenoxy) is 1. The van der Waals surface area contributed by atoms with Crippen LogP contribution in [0.1, 0.15) is 11.1 Å². The summed E-state index contributed by atoms with van der Waals surface area (Å²) in [5.41, 5.74) is 8.60. The van der Waals surface area contributed by atoms with Crippen LogP contribution in [-0.4, -0.2) is 12.2 Å². The lowest BCUT2D eigenvalue weighted by atomic mass is 10.2. The van der Waals surface area contributed by atoms with Gasteiger partial charge in [0, 0.05) is 15.6 Å². The van der Waals surface area contributed by atoms with E-state index in [4.69, 9.17) is 33.7 Å². The number of urea groups is 1. The van der Waals surface area contributed by atoms with Crippen LogP contribution in [-0.2, 0) is 6.61 Å². The number of carbonyl (C=O) groups is 1. The summed E-state index contributed by atoms with van der Waals surface area (Å²) in [4.78, 5) is 10.6. The average molecular weight is 338 g/mol. The van der Waals surface area contributed by atoms with Crippen LogP contribution in [0.3, 0.4) is 0 Å². The Morgan fingerprint density at radius 2 is 2.00 bits per heavy atom. The molecular weight excluding hydrogens is 325 g/mol. The SMILES string of the molecule is NC(=O)N/N=C\c1cc(Cl)ccc1OCc1cccc(Cl)c1. The third-order valence-electron chi connectivity index (χ3n) is 2.63. The van der Waals surface area contributed by atoms with Crippen LogP contribution in [0.25, 0.3) is 0 Å². The molecule has 0 aliphatic heterocycles. The Kier molecular flexibility index (Phi) is 5.63. The maximum Gasteiger partial charge on any atom is 0.332 e. The van der Waals surface area contributed by atoms with E-state index in [9.17, 15) is 4.79 Å². The molecule has 114 valence electrons. The highest BCUT2D eigenvalue weighted by Crippen LogP contribution is 2.23. The first-order valence-electron chi connectivity index (χ1n) is 6.30. The Labute approximate surface area is 137 Å². The molecule has 0 aliphatic carbocycles. The lowest BCUT2D eigenvalue weighted by Gasteiger charge is -2.09. The summed E-state index contributed by atoms with van der Waals surface area (Å²) in [5.74, 6) is 0.569. The van der Waals surface area contributed by atoms with Crippen LogP contribution in [0.2, 0.25) is 10.0 Å². The second-order valence-corrected chi connectivity index (χ2v) is 5.21. The van der Waals surface area contributed by atoms with Gasteiger partial charge in [0.05, 0.1) is 6.21 Å².